The van der Waals surface area contributed by atoms with E-state index >= 15 is 0 Å². The number of rotatable bonds is 6. The summed E-state index contributed by atoms with van der Waals surface area (Å²) in [5, 5.41) is 5.08. The van der Waals surface area contributed by atoms with Crippen molar-refractivity contribution in [1.29, 1.82) is 0 Å². The normalized spacial score (nSPS) is 11.1. The zero-order chi connectivity index (χ0) is 22.0. The molecule has 0 N–H and O–H groups in total. The lowest BCUT2D eigenvalue weighted by Crippen LogP contribution is -2.28. The zero-order valence-corrected chi connectivity index (χ0v) is 18.0. The number of ketones is 1. The molecule has 3 rings (SSSR count). The van der Waals surface area contributed by atoms with E-state index in [4.69, 9.17) is 4.74 Å². The highest BCUT2D eigenvalue weighted by atomic mass is 16.5. The van der Waals surface area contributed by atoms with Crippen molar-refractivity contribution in [3.63, 3.8) is 0 Å². The first-order valence-electron chi connectivity index (χ1n) is 9.97. The summed E-state index contributed by atoms with van der Waals surface area (Å²) in [6, 6.07) is 10.7. The van der Waals surface area contributed by atoms with E-state index in [0.717, 1.165) is 16.7 Å². The van der Waals surface area contributed by atoms with E-state index in [1.54, 1.807) is 24.3 Å². The molecule has 0 aliphatic carbocycles. The Bertz CT molecular complexity index is 1170. The molecule has 0 radical (unpaired) electrons. The first-order chi connectivity index (χ1) is 14.2. The van der Waals surface area contributed by atoms with E-state index in [1.165, 1.54) is 4.68 Å². The smallest absolute Gasteiger partial charge is 0.359 e. The van der Waals surface area contributed by atoms with Crippen molar-refractivity contribution in [2.75, 3.05) is 6.61 Å². The highest BCUT2D eigenvalue weighted by Crippen LogP contribution is 2.18. The van der Waals surface area contributed by atoms with Crippen LogP contribution in [0.3, 0.4) is 0 Å². The Balaban J connectivity index is 1.91. The number of ether oxygens (including phenoxy) is 1. The predicted octanol–water partition coefficient (Wildman–Crippen LogP) is 4.02. The fourth-order valence-corrected chi connectivity index (χ4v) is 3.75. The third-order valence-corrected chi connectivity index (χ3v) is 4.89. The second kappa shape index (κ2) is 8.61. The quantitative estimate of drug-likeness (QED) is 0.456. The average Bonchev–Trinajstić information content (AvgIpc) is 2.67. The molecule has 1 heterocycles. The average molecular weight is 406 g/mol. The maximum absolute atomic E-state index is 12.8. The van der Waals surface area contributed by atoms with Gasteiger partial charge in [0.05, 0.1) is 5.39 Å². The molecule has 6 nitrogen and oxygen atoms in total. The molecular formula is C24H26N2O4. The summed E-state index contributed by atoms with van der Waals surface area (Å²) in [6.45, 7) is 9.63. The molecule has 0 fully saturated rings. The number of hydrogen-bond acceptors (Lipinski definition) is 5. The standard InChI is InChI=1S/C24H26N2O4/c1-14(2)12-26-23(28)19-9-7-6-8-18(19)22(25-26)24(29)30-13-20(27)21-16(4)10-15(3)11-17(21)5/h6-11,14H,12-13H2,1-5H3. The summed E-state index contributed by atoms with van der Waals surface area (Å²) in [4.78, 5) is 38.2. The van der Waals surface area contributed by atoms with Crippen molar-refractivity contribution >= 4 is 22.5 Å². The van der Waals surface area contributed by atoms with Gasteiger partial charge in [-0.05, 0) is 43.9 Å². The van der Waals surface area contributed by atoms with Gasteiger partial charge in [0.25, 0.3) is 5.56 Å². The topological polar surface area (TPSA) is 78.3 Å². The first kappa shape index (κ1) is 21.4. The van der Waals surface area contributed by atoms with Gasteiger partial charge < -0.3 is 4.74 Å². The minimum absolute atomic E-state index is 0.0380. The molecule has 0 amide bonds. The van der Waals surface area contributed by atoms with Crippen molar-refractivity contribution in [1.82, 2.24) is 9.78 Å². The monoisotopic (exact) mass is 406 g/mol. The lowest BCUT2D eigenvalue weighted by Gasteiger charge is -2.13. The summed E-state index contributed by atoms with van der Waals surface area (Å²) < 4.78 is 6.62. The van der Waals surface area contributed by atoms with Crippen LogP contribution in [-0.2, 0) is 11.3 Å². The Morgan fingerprint density at radius 2 is 1.63 bits per heavy atom. The van der Waals surface area contributed by atoms with Crippen LogP contribution in [0.2, 0.25) is 0 Å². The number of carbonyl (C=O) groups is 2. The molecular weight excluding hydrogens is 380 g/mol. The number of esters is 1. The molecule has 156 valence electrons. The van der Waals surface area contributed by atoms with E-state index in [9.17, 15) is 14.4 Å². The molecule has 0 saturated carbocycles. The SMILES string of the molecule is Cc1cc(C)c(C(=O)COC(=O)c2nn(CC(C)C)c(=O)c3ccccc23)c(C)c1. The Morgan fingerprint density at radius 3 is 2.23 bits per heavy atom. The molecule has 0 saturated heterocycles. The van der Waals surface area contributed by atoms with Gasteiger partial charge in [-0.25, -0.2) is 9.48 Å². The van der Waals surface area contributed by atoms with Crippen LogP contribution in [-0.4, -0.2) is 28.1 Å². The van der Waals surface area contributed by atoms with Crippen LogP contribution < -0.4 is 5.56 Å². The zero-order valence-electron chi connectivity index (χ0n) is 18.0. The maximum atomic E-state index is 12.8. The van der Waals surface area contributed by atoms with Crippen molar-refractivity contribution in [3.8, 4) is 0 Å². The van der Waals surface area contributed by atoms with Gasteiger partial charge >= 0.3 is 5.97 Å². The number of aryl methyl sites for hydroxylation is 3. The van der Waals surface area contributed by atoms with E-state index in [-0.39, 0.29) is 29.6 Å². The van der Waals surface area contributed by atoms with E-state index in [0.29, 0.717) is 22.9 Å². The van der Waals surface area contributed by atoms with Crippen molar-refractivity contribution in [2.24, 2.45) is 5.92 Å². The molecule has 0 spiro atoms. The molecule has 3 aromatic rings. The van der Waals surface area contributed by atoms with E-state index in [1.807, 2.05) is 46.8 Å². The minimum Gasteiger partial charge on any atom is -0.452 e. The number of carbonyl (C=O) groups excluding carboxylic acids is 2. The van der Waals surface area contributed by atoms with Crippen LogP contribution in [0, 0.1) is 26.7 Å². The lowest BCUT2D eigenvalue weighted by molar-refractivity contribution is 0.0468. The molecule has 0 unspecified atom stereocenters. The first-order valence-corrected chi connectivity index (χ1v) is 9.97. The number of hydrogen-bond donors (Lipinski definition) is 0. The molecule has 0 aliphatic rings. The molecule has 2 aromatic carbocycles. The number of nitrogens with zero attached hydrogens (tertiary/aromatic N) is 2. The van der Waals surface area contributed by atoms with Gasteiger partial charge in [0.2, 0.25) is 5.78 Å². The van der Waals surface area contributed by atoms with Crippen LogP contribution in [0.5, 0.6) is 0 Å². The highest BCUT2D eigenvalue weighted by molar-refractivity contribution is 6.04. The summed E-state index contributed by atoms with van der Waals surface area (Å²) in [5.41, 5.74) is 3.12. The Hall–Kier alpha value is -3.28. The third-order valence-electron chi connectivity index (χ3n) is 4.89. The van der Waals surface area contributed by atoms with Gasteiger partial charge in [-0.1, -0.05) is 49.7 Å². The molecule has 1 aromatic heterocycles. The second-order valence-corrected chi connectivity index (χ2v) is 8.05. The minimum atomic E-state index is -0.723. The largest absolute Gasteiger partial charge is 0.452 e. The molecule has 30 heavy (non-hydrogen) atoms. The Labute approximate surface area is 175 Å². The maximum Gasteiger partial charge on any atom is 0.359 e. The van der Waals surface area contributed by atoms with Crippen molar-refractivity contribution < 1.29 is 14.3 Å². The second-order valence-electron chi connectivity index (χ2n) is 8.05. The summed E-state index contributed by atoms with van der Waals surface area (Å²) >= 11 is 0. The van der Waals surface area contributed by atoms with Gasteiger partial charge in [0.15, 0.2) is 12.3 Å². The van der Waals surface area contributed by atoms with Crippen LogP contribution >= 0.6 is 0 Å². The molecule has 6 heteroatoms. The molecule has 0 aliphatic heterocycles. The Morgan fingerprint density at radius 1 is 1.03 bits per heavy atom. The van der Waals surface area contributed by atoms with Gasteiger partial charge in [-0.2, -0.15) is 5.10 Å². The number of benzene rings is 2. The molecule has 0 atom stereocenters. The number of aromatic nitrogens is 2. The van der Waals surface area contributed by atoms with Gasteiger partial charge in [0.1, 0.15) is 0 Å². The Kier molecular flexibility index (Phi) is 6.15. The predicted molar refractivity (Wildman–Crippen MR) is 116 cm³/mol. The lowest BCUT2D eigenvalue weighted by atomic mass is 9.97. The third kappa shape index (κ3) is 4.32. The van der Waals surface area contributed by atoms with Gasteiger partial charge in [0, 0.05) is 17.5 Å². The van der Waals surface area contributed by atoms with Crippen LogP contribution in [0.25, 0.3) is 10.8 Å². The van der Waals surface area contributed by atoms with Crippen LogP contribution in [0.1, 0.15) is 51.4 Å². The van der Waals surface area contributed by atoms with Crippen molar-refractivity contribution in [2.45, 2.75) is 41.2 Å². The fraction of sp³-hybridized carbons (Fsp3) is 0.333. The summed E-state index contributed by atoms with van der Waals surface area (Å²) in [5.74, 6) is -0.813. The van der Waals surface area contributed by atoms with Gasteiger partial charge in [-0.3, -0.25) is 9.59 Å². The summed E-state index contributed by atoms with van der Waals surface area (Å²) in [6.07, 6.45) is 0. The highest BCUT2D eigenvalue weighted by Gasteiger charge is 2.21. The number of Topliss-reactive ketones (excluding diaryl/α,β-unsaturated/α-hetero) is 1. The van der Waals surface area contributed by atoms with Gasteiger partial charge in [-0.15, -0.1) is 0 Å². The van der Waals surface area contributed by atoms with Crippen molar-refractivity contribution in [3.05, 3.63) is 74.7 Å². The van der Waals surface area contributed by atoms with E-state index in [2.05, 4.69) is 5.10 Å². The summed E-state index contributed by atoms with van der Waals surface area (Å²) in [7, 11) is 0. The number of fused-ring (bicyclic) bond motifs is 1. The fourth-order valence-electron chi connectivity index (χ4n) is 3.75. The van der Waals surface area contributed by atoms with E-state index < -0.39 is 5.97 Å². The molecule has 0 bridgehead atoms. The van der Waals surface area contributed by atoms with Crippen LogP contribution in [0.15, 0.2) is 41.2 Å². The van der Waals surface area contributed by atoms with Crippen LogP contribution in [0.4, 0.5) is 0 Å².